The van der Waals surface area contributed by atoms with Crippen LogP contribution in [0.5, 0.6) is 0 Å². The minimum Gasteiger partial charge on any atom is -0.377 e. The van der Waals surface area contributed by atoms with Crippen LogP contribution in [0.2, 0.25) is 0 Å². The zero-order valence-electron chi connectivity index (χ0n) is 15.8. The van der Waals surface area contributed by atoms with Crippen molar-refractivity contribution in [1.82, 2.24) is 15.3 Å². The van der Waals surface area contributed by atoms with E-state index in [4.69, 9.17) is 10.5 Å². The van der Waals surface area contributed by atoms with Crippen LogP contribution < -0.4 is 16.4 Å². The number of amides is 1. The molecule has 0 aromatic carbocycles. The van der Waals surface area contributed by atoms with Gasteiger partial charge in [-0.1, -0.05) is 0 Å². The fraction of sp³-hybridized carbons (Fsp3) is 0.737. The van der Waals surface area contributed by atoms with E-state index in [-0.39, 0.29) is 11.8 Å². The number of hydrogen-bond acceptors (Lipinski definition) is 6. The van der Waals surface area contributed by atoms with Crippen molar-refractivity contribution in [3.8, 4) is 0 Å². The van der Waals surface area contributed by atoms with Crippen molar-refractivity contribution >= 4 is 11.7 Å². The topological polar surface area (TPSA) is 102 Å². The molecule has 0 spiro atoms. The number of nitrogens with two attached hydrogens (primary N) is 1. The summed E-state index contributed by atoms with van der Waals surface area (Å²) in [5.41, 5.74) is 7.00. The first kappa shape index (κ1) is 19.0. The molecule has 2 fully saturated rings. The first-order valence-electron chi connectivity index (χ1n) is 9.66. The standard InChI is InChI=1S/C19H31N5O2/c1-21-19(25)13-5-3-12(4-6-13)10-22-17-9-16(14-7-15(20)8-14)23-18(24-17)11-26-2/h9,12-15H,3-8,10-11,20H2,1-2H3,(H,21,25)(H,22,23,24). The van der Waals surface area contributed by atoms with E-state index >= 15 is 0 Å². The third kappa shape index (κ3) is 4.71. The third-order valence-corrected chi connectivity index (χ3v) is 5.69. The molecular weight excluding hydrogens is 330 g/mol. The summed E-state index contributed by atoms with van der Waals surface area (Å²) in [6, 6.07) is 2.36. The normalized spacial score (nSPS) is 28.3. The molecule has 2 saturated carbocycles. The highest BCUT2D eigenvalue weighted by atomic mass is 16.5. The number of hydrogen-bond donors (Lipinski definition) is 3. The lowest BCUT2D eigenvalue weighted by atomic mass is 9.78. The molecule has 7 heteroatoms. The van der Waals surface area contributed by atoms with E-state index in [1.54, 1.807) is 14.2 Å². The summed E-state index contributed by atoms with van der Waals surface area (Å²) in [6.07, 6.45) is 6.07. The summed E-state index contributed by atoms with van der Waals surface area (Å²) < 4.78 is 5.21. The molecule has 1 aromatic rings. The molecule has 2 aliphatic carbocycles. The fourth-order valence-electron chi connectivity index (χ4n) is 4.00. The maximum Gasteiger partial charge on any atom is 0.222 e. The minimum absolute atomic E-state index is 0.179. The van der Waals surface area contributed by atoms with Crippen LogP contribution in [0.1, 0.15) is 56.0 Å². The molecule has 3 rings (SSSR count). The van der Waals surface area contributed by atoms with Crippen LogP contribution in [0, 0.1) is 11.8 Å². The van der Waals surface area contributed by atoms with E-state index in [2.05, 4.69) is 26.7 Å². The van der Waals surface area contributed by atoms with Crippen LogP contribution in [-0.4, -0.2) is 42.6 Å². The molecule has 1 amide bonds. The molecule has 0 radical (unpaired) electrons. The van der Waals surface area contributed by atoms with Crippen molar-refractivity contribution in [3.63, 3.8) is 0 Å². The first-order valence-corrected chi connectivity index (χ1v) is 9.66. The Morgan fingerprint density at radius 3 is 2.62 bits per heavy atom. The van der Waals surface area contributed by atoms with Gasteiger partial charge in [-0.05, 0) is 44.4 Å². The zero-order valence-corrected chi connectivity index (χ0v) is 15.8. The largest absolute Gasteiger partial charge is 0.377 e. The second-order valence-electron chi connectivity index (χ2n) is 7.67. The minimum atomic E-state index is 0.179. The van der Waals surface area contributed by atoms with Crippen LogP contribution in [0.25, 0.3) is 0 Å². The van der Waals surface area contributed by atoms with Gasteiger partial charge in [0.25, 0.3) is 0 Å². The number of carbonyl (C=O) groups excluding carboxylic acids is 1. The summed E-state index contributed by atoms with van der Waals surface area (Å²) >= 11 is 0. The van der Waals surface area contributed by atoms with Crippen LogP contribution in [0.3, 0.4) is 0 Å². The summed E-state index contributed by atoms with van der Waals surface area (Å²) in [5, 5.41) is 6.25. The maximum absolute atomic E-state index is 11.7. The lowest BCUT2D eigenvalue weighted by Crippen LogP contribution is -2.35. The highest BCUT2D eigenvalue weighted by molar-refractivity contribution is 5.78. The van der Waals surface area contributed by atoms with Gasteiger partial charge < -0.3 is 21.1 Å². The van der Waals surface area contributed by atoms with Gasteiger partial charge in [0.05, 0.1) is 0 Å². The van der Waals surface area contributed by atoms with Crippen molar-refractivity contribution in [2.75, 3.05) is 26.0 Å². The Balaban J connectivity index is 1.56. The molecule has 0 unspecified atom stereocenters. The SMILES string of the molecule is CNC(=O)C1CCC(CNc2cc(C3CC(N)C3)nc(COC)n2)CC1. The van der Waals surface area contributed by atoms with E-state index in [0.717, 1.165) is 62.4 Å². The molecule has 0 atom stereocenters. The van der Waals surface area contributed by atoms with Crippen LogP contribution in [0.15, 0.2) is 6.07 Å². The van der Waals surface area contributed by atoms with Crippen LogP contribution >= 0.6 is 0 Å². The van der Waals surface area contributed by atoms with Gasteiger partial charge in [-0.25, -0.2) is 9.97 Å². The second-order valence-corrected chi connectivity index (χ2v) is 7.67. The monoisotopic (exact) mass is 361 g/mol. The Kier molecular flexibility index (Phi) is 6.43. The second kappa shape index (κ2) is 8.77. The van der Waals surface area contributed by atoms with Crippen molar-refractivity contribution < 1.29 is 9.53 Å². The Morgan fingerprint density at radius 2 is 2.00 bits per heavy atom. The number of carbonyl (C=O) groups is 1. The van der Waals surface area contributed by atoms with E-state index < -0.39 is 0 Å². The van der Waals surface area contributed by atoms with Crippen LogP contribution in [0.4, 0.5) is 5.82 Å². The van der Waals surface area contributed by atoms with Gasteiger partial charge in [0.1, 0.15) is 12.4 Å². The average molecular weight is 361 g/mol. The van der Waals surface area contributed by atoms with Gasteiger partial charge in [0.2, 0.25) is 5.91 Å². The molecule has 0 saturated heterocycles. The Labute approximate surface area is 155 Å². The lowest BCUT2D eigenvalue weighted by molar-refractivity contribution is -0.125. The van der Waals surface area contributed by atoms with E-state index in [9.17, 15) is 4.79 Å². The number of aromatic nitrogens is 2. The number of nitrogens with one attached hydrogen (secondary N) is 2. The summed E-state index contributed by atoms with van der Waals surface area (Å²) in [5.74, 6) is 2.97. The number of anilines is 1. The van der Waals surface area contributed by atoms with Gasteiger partial charge in [0, 0.05) is 50.3 Å². The molecule has 4 N–H and O–H groups in total. The molecule has 1 heterocycles. The number of methoxy groups -OCH3 is 1. The average Bonchev–Trinajstić information content (AvgIpc) is 2.63. The molecule has 2 aliphatic rings. The van der Waals surface area contributed by atoms with Gasteiger partial charge in [-0.2, -0.15) is 0 Å². The summed E-state index contributed by atoms with van der Waals surface area (Å²) in [6.45, 7) is 1.30. The fourth-order valence-corrected chi connectivity index (χ4v) is 4.00. The van der Waals surface area contributed by atoms with Crippen molar-refractivity contribution in [1.29, 1.82) is 0 Å². The quantitative estimate of drug-likeness (QED) is 0.684. The Bertz CT molecular complexity index is 610. The molecule has 26 heavy (non-hydrogen) atoms. The van der Waals surface area contributed by atoms with Crippen LogP contribution in [-0.2, 0) is 16.1 Å². The molecular formula is C19H31N5O2. The summed E-state index contributed by atoms with van der Waals surface area (Å²) in [7, 11) is 3.38. The predicted octanol–water partition coefficient (Wildman–Crippen LogP) is 1.79. The van der Waals surface area contributed by atoms with E-state index in [1.165, 1.54) is 0 Å². The Hall–Kier alpha value is -1.73. The number of ether oxygens (including phenoxy) is 1. The van der Waals surface area contributed by atoms with Crippen molar-refractivity contribution in [3.05, 3.63) is 17.6 Å². The van der Waals surface area contributed by atoms with Gasteiger partial charge >= 0.3 is 0 Å². The molecule has 0 aliphatic heterocycles. The number of rotatable bonds is 7. The third-order valence-electron chi connectivity index (χ3n) is 5.69. The highest BCUT2D eigenvalue weighted by Crippen LogP contribution is 2.35. The predicted molar refractivity (Wildman–Crippen MR) is 101 cm³/mol. The smallest absolute Gasteiger partial charge is 0.222 e. The number of nitrogens with zero attached hydrogens (tertiary/aromatic N) is 2. The van der Waals surface area contributed by atoms with Gasteiger partial charge in [0.15, 0.2) is 5.82 Å². The van der Waals surface area contributed by atoms with E-state index in [1.807, 2.05) is 0 Å². The Morgan fingerprint density at radius 1 is 1.27 bits per heavy atom. The molecule has 1 aromatic heterocycles. The lowest BCUT2D eigenvalue weighted by Gasteiger charge is -2.32. The first-order chi connectivity index (χ1) is 12.6. The van der Waals surface area contributed by atoms with Gasteiger partial charge in [-0.15, -0.1) is 0 Å². The van der Waals surface area contributed by atoms with Gasteiger partial charge in [-0.3, -0.25) is 4.79 Å². The maximum atomic E-state index is 11.7. The molecule has 0 bridgehead atoms. The van der Waals surface area contributed by atoms with Crippen molar-refractivity contribution in [2.45, 2.75) is 57.1 Å². The van der Waals surface area contributed by atoms with Crippen molar-refractivity contribution in [2.24, 2.45) is 17.6 Å². The highest BCUT2D eigenvalue weighted by Gasteiger charge is 2.29. The summed E-state index contributed by atoms with van der Waals surface area (Å²) in [4.78, 5) is 21.0. The molecule has 7 nitrogen and oxygen atoms in total. The zero-order chi connectivity index (χ0) is 18.5. The van der Waals surface area contributed by atoms with E-state index in [0.29, 0.717) is 24.5 Å². The molecule has 144 valence electrons.